The van der Waals surface area contributed by atoms with Gasteiger partial charge in [0.25, 0.3) is 0 Å². The highest BCUT2D eigenvalue weighted by atomic mass is 15.1. The Balaban J connectivity index is 2.49. The van der Waals surface area contributed by atoms with E-state index >= 15 is 0 Å². The molecule has 1 aromatic rings. The molecule has 2 N–H and O–H groups in total. The Morgan fingerprint density at radius 2 is 2.24 bits per heavy atom. The Labute approximate surface area is 103 Å². The minimum atomic E-state index is -0.245. The minimum Gasteiger partial charge on any atom is -0.396 e. The van der Waals surface area contributed by atoms with Gasteiger partial charge in [0.15, 0.2) is 0 Å². The second-order valence-corrected chi connectivity index (χ2v) is 4.96. The van der Waals surface area contributed by atoms with Crippen LogP contribution in [-0.2, 0) is 0 Å². The van der Waals surface area contributed by atoms with Crippen molar-refractivity contribution in [3.05, 3.63) is 18.5 Å². The summed E-state index contributed by atoms with van der Waals surface area (Å²) in [6.07, 6.45) is 5.25. The molecule has 0 aliphatic rings. The molecule has 4 heteroatoms. The van der Waals surface area contributed by atoms with Gasteiger partial charge in [-0.3, -0.25) is 4.98 Å². The van der Waals surface area contributed by atoms with Crippen molar-refractivity contribution in [3.8, 4) is 6.07 Å². The van der Waals surface area contributed by atoms with Crippen molar-refractivity contribution < 1.29 is 0 Å². The highest BCUT2D eigenvalue weighted by Gasteiger charge is 2.16. The molecule has 0 amide bonds. The summed E-state index contributed by atoms with van der Waals surface area (Å²) in [7, 11) is 2.01. The van der Waals surface area contributed by atoms with E-state index < -0.39 is 0 Å². The van der Waals surface area contributed by atoms with E-state index in [0.717, 1.165) is 25.1 Å². The lowest BCUT2D eigenvalue weighted by molar-refractivity contribution is 0.436. The van der Waals surface area contributed by atoms with Crippen LogP contribution in [0.5, 0.6) is 0 Å². The number of hydrogen-bond acceptors (Lipinski definition) is 4. The van der Waals surface area contributed by atoms with Crippen molar-refractivity contribution in [3.63, 3.8) is 0 Å². The number of nitriles is 1. The van der Waals surface area contributed by atoms with Crippen LogP contribution in [0.1, 0.15) is 26.7 Å². The van der Waals surface area contributed by atoms with Crippen molar-refractivity contribution in [2.24, 2.45) is 5.41 Å². The highest BCUT2D eigenvalue weighted by Crippen LogP contribution is 2.23. The Morgan fingerprint density at radius 3 is 2.82 bits per heavy atom. The summed E-state index contributed by atoms with van der Waals surface area (Å²) < 4.78 is 0. The standard InChI is InChI=1S/C13H20N4/c1-13(2,10-14)6-4-8-17(3)12-5-7-16-9-11(12)15/h5,7,9H,4,6,8,15H2,1-3H3. The van der Waals surface area contributed by atoms with Crippen molar-refractivity contribution in [1.29, 1.82) is 5.26 Å². The summed E-state index contributed by atoms with van der Waals surface area (Å²) in [6.45, 7) is 4.82. The number of nitrogens with zero attached hydrogens (tertiary/aromatic N) is 3. The number of nitrogen functional groups attached to an aromatic ring is 1. The molecule has 0 radical (unpaired) electrons. The minimum absolute atomic E-state index is 0.245. The molecule has 4 nitrogen and oxygen atoms in total. The Kier molecular flexibility index (Phi) is 4.33. The molecule has 0 unspecified atom stereocenters. The van der Waals surface area contributed by atoms with Crippen LogP contribution in [0, 0.1) is 16.7 Å². The van der Waals surface area contributed by atoms with Crippen LogP contribution in [0.3, 0.4) is 0 Å². The number of hydrogen-bond donors (Lipinski definition) is 1. The van der Waals surface area contributed by atoms with Gasteiger partial charge in [0.05, 0.1) is 29.1 Å². The van der Waals surface area contributed by atoms with Gasteiger partial charge in [-0.05, 0) is 32.8 Å². The van der Waals surface area contributed by atoms with E-state index in [4.69, 9.17) is 11.0 Å². The number of pyridine rings is 1. The van der Waals surface area contributed by atoms with Gasteiger partial charge in [-0.25, -0.2) is 0 Å². The molecule has 0 fully saturated rings. The molecule has 0 saturated carbocycles. The third-order valence-corrected chi connectivity index (χ3v) is 2.84. The summed E-state index contributed by atoms with van der Waals surface area (Å²) in [6, 6.07) is 4.22. The zero-order valence-electron chi connectivity index (χ0n) is 10.8. The molecule has 0 aliphatic carbocycles. The molecule has 0 aromatic carbocycles. The predicted octanol–water partition coefficient (Wildman–Crippen LogP) is 2.43. The van der Waals surface area contributed by atoms with Gasteiger partial charge in [0, 0.05) is 19.8 Å². The molecule has 0 aliphatic heterocycles. The van der Waals surface area contributed by atoms with Crippen molar-refractivity contribution in [2.75, 3.05) is 24.2 Å². The van der Waals surface area contributed by atoms with Crippen LogP contribution in [0.15, 0.2) is 18.5 Å². The van der Waals surface area contributed by atoms with E-state index in [0.29, 0.717) is 5.69 Å². The zero-order chi connectivity index (χ0) is 12.9. The van der Waals surface area contributed by atoms with Crippen LogP contribution in [0.25, 0.3) is 0 Å². The quantitative estimate of drug-likeness (QED) is 0.846. The van der Waals surface area contributed by atoms with Gasteiger partial charge in [0.2, 0.25) is 0 Å². The van der Waals surface area contributed by atoms with E-state index in [1.807, 2.05) is 27.0 Å². The van der Waals surface area contributed by atoms with Gasteiger partial charge < -0.3 is 10.6 Å². The Morgan fingerprint density at radius 1 is 1.53 bits per heavy atom. The van der Waals surface area contributed by atoms with E-state index in [-0.39, 0.29) is 5.41 Å². The maximum Gasteiger partial charge on any atom is 0.0738 e. The number of rotatable bonds is 5. The van der Waals surface area contributed by atoms with Crippen molar-refractivity contribution in [2.45, 2.75) is 26.7 Å². The number of anilines is 2. The molecule has 1 aromatic heterocycles. The smallest absolute Gasteiger partial charge is 0.0738 e. The van der Waals surface area contributed by atoms with Gasteiger partial charge in [0.1, 0.15) is 0 Å². The third kappa shape index (κ3) is 3.95. The summed E-state index contributed by atoms with van der Waals surface area (Å²) in [4.78, 5) is 6.07. The maximum absolute atomic E-state index is 8.93. The van der Waals surface area contributed by atoms with E-state index in [2.05, 4.69) is 16.0 Å². The molecule has 1 heterocycles. The molecular formula is C13H20N4. The fourth-order valence-corrected chi connectivity index (χ4v) is 1.68. The topological polar surface area (TPSA) is 65.9 Å². The van der Waals surface area contributed by atoms with Gasteiger partial charge in [-0.1, -0.05) is 0 Å². The third-order valence-electron chi connectivity index (χ3n) is 2.84. The van der Waals surface area contributed by atoms with E-state index in [1.165, 1.54) is 0 Å². The Bertz CT molecular complexity index is 406. The lowest BCUT2D eigenvalue weighted by Crippen LogP contribution is -2.21. The van der Waals surface area contributed by atoms with E-state index in [9.17, 15) is 0 Å². The van der Waals surface area contributed by atoms with Crippen LogP contribution in [0.2, 0.25) is 0 Å². The fourth-order valence-electron chi connectivity index (χ4n) is 1.68. The number of aromatic nitrogens is 1. The van der Waals surface area contributed by atoms with Crippen LogP contribution in [-0.4, -0.2) is 18.6 Å². The molecule has 92 valence electrons. The Hall–Kier alpha value is -1.76. The predicted molar refractivity (Wildman–Crippen MR) is 70.5 cm³/mol. The first-order valence-electron chi connectivity index (χ1n) is 5.78. The van der Waals surface area contributed by atoms with E-state index in [1.54, 1.807) is 12.4 Å². The van der Waals surface area contributed by atoms with Gasteiger partial charge in [-0.2, -0.15) is 5.26 Å². The summed E-state index contributed by atoms with van der Waals surface area (Å²) in [5.74, 6) is 0. The molecule has 0 spiro atoms. The molecule has 17 heavy (non-hydrogen) atoms. The average Bonchev–Trinajstić information content (AvgIpc) is 2.29. The average molecular weight is 232 g/mol. The molecule has 1 rings (SSSR count). The van der Waals surface area contributed by atoms with Crippen LogP contribution in [0.4, 0.5) is 11.4 Å². The highest BCUT2D eigenvalue weighted by molar-refractivity contribution is 5.65. The maximum atomic E-state index is 8.93. The molecular weight excluding hydrogens is 212 g/mol. The normalized spacial score (nSPS) is 10.9. The van der Waals surface area contributed by atoms with Gasteiger partial charge >= 0.3 is 0 Å². The first-order chi connectivity index (χ1) is 7.96. The summed E-state index contributed by atoms with van der Waals surface area (Å²) in [5.41, 5.74) is 7.29. The largest absolute Gasteiger partial charge is 0.396 e. The van der Waals surface area contributed by atoms with Crippen LogP contribution < -0.4 is 10.6 Å². The summed E-state index contributed by atoms with van der Waals surface area (Å²) in [5, 5.41) is 8.93. The lowest BCUT2D eigenvalue weighted by atomic mass is 9.90. The summed E-state index contributed by atoms with van der Waals surface area (Å²) >= 11 is 0. The van der Waals surface area contributed by atoms with Crippen molar-refractivity contribution >= 4 is 11.4 Å². The molecule has 0 atom stereocenters. The first-order valence-corrected chi connectivity index (χ1v) is 5.78. The SMILES string of the molecule is CN(CCCC(C)(C)C#N)c1ccncc1N. The zero-order valence-corrected chi connectivity index (χ0v) is 10.8. The molecule has 0 saturated heterocycles. The molecule has 0 bridgehead atoms. The fraction of sp³-hybridized carbons (Fsp3) is 0.538. The second kappa shape index (κ2) is 5.53. The van der Waals surface area contributed by atoms with Gasteiger partial charge in [-0.15, -0.1) is 0 Å². The van der Waals surface area contributed by atoms with Crippen LogP contribution >= 0.6 is 0 Å². The lowest BCUT2D eigenvalue weighted by Gasteiger charge is -2.22. The monoisotopic (exact) mass is 232 g/mol. The second-order valence-electron chi connectivity index (χ2n) is 4.96. The first kappa shape index (κ1) is 13.3. The number of nitrogens with two attached hydrogens (primary N) is 1. The van der Waals surface area contributed by atoms with Crippen molar-refractivity contribution in [1.82, 2.24) is 4.98 Å².